The fraction of sp³-hybridized carbons (Fsp3) is 0.387. The van der Waals surface area contributed by atoms with Crippen LogP contribution >= 0.6 is 11.6 Å². The molecule has 17 heteroatoms. The smallest absolute Gasteiger partial charge is 0.422 e. The summed E-state index contributed by atoms with van der Waals surface area (Å²) in [4.78, 5) is 62.9. The van der Waals surface area contributed by atoms with Crippen molar-refractivity contribution in [2.45, 2.75) is 50.4 Å². The summed E-state index contributed by atoms with van der Waals surface area (Å²) in [5, 5.41) is 9.13. The lowest BCUT2D eigenvalue weighted by Gasteiger charge is -2.19. The number of alkyl halides is 3. The van der Waals surface area contributed by atoms with Crippen molar-refractivity contribution in [1.82, 2.24) is 25.2 Å². The lowest BCUT2D eigenvalue weighted by atomic mass is 10.1. The highest BCUT2D eigenvalue weighted by Crippen LogP contribution is 2.48. The predicted octanol–water partition coefficient (Wildman–Crippen LogP) is 4.41. The van der Waals surface area contributed by atoms with Crippen molar-refractivity contribution in [2.75, 3.05) is 37.9 Å². The molecule has 1 aliphatic carbocycles. The van der Waals surface area contributed by atoms with E-state index in [4.69, 9.17) is 21.1 Å². The first-order valence-electron chi connectivity index (χ1n) is 14.8. The Bertz CT molecular complexity index is 1640. The topological polar surface area (TPSA) is 165 Å². The first-order chi connectivity index (χ1) is 22.7. The van der Waals surface area contributed by atoms with E-state index in [-0.39, 0.29) is 36.9 Å². The highest BCUT2D eigenvalue weighted by Gasteiger charge is 2.45. The molecule has 48 heavy (non-hydrogen) atoms. The Hall–Kier alpha value is -4.99. The van der Waals surface area contributed by atoms with E-state index in [9.17, 15) is 32.3 Å². The first kappa shape index (κ1) is 35.9. The number of hydrogen-bond acceptors (Lipinski definition) is 11. The SMILES string of the molecule is CCOC(=O)[C@H](CCC(=O)C(=O)N(C)C)NC(=O)c1ccc(Nc2nc(NC3(c4ccc(Cl)cc4)CC3)nc(OCC(F)(F)F)n2)cc1. The zero-order valence-electron chi connectivity index (χ0n) is 26.2. The van der Waals surface area contributed by atoms with E-state index in [0.29, 0.717) is 23.6 Å². The molecule has 0 aliphatic heterocycles. The molecule has 1 saturated carbocycles. The van der Waals surface area contributed by atoms with Crippen LogP contribution in [0.4, 0.5) is 30.8 Å². The van der Waals surface area contributed by atoms with Crippen LogP contribution in [0.5, 0.6) is 6.01 Å². The Morgan fingerprint density at radius 3 is 2.21 bits per heavy atom. The second-order valence-corrected chi connectivity index (χ2v) is 11.5. The normalized spacial score (nSPS) is 13.9. The number of ether oxygens (including phenoxy) is 2. The van der Waals surface area contributed by atoms with Gasteiger partial charge in [0.1, 0.15) is 6.04 Å². The molecule has 0 radical (unpaired) electrons. The molecule has 3 aromatic rings. The van der Waals surface area contributed by atoms with E-state index >= 15 is 0 Å². The van der Waals surface area contributed by atoms with Crippen LogP contribution in [0.2, 0.25) is 5.02 Å². The largest absolute Gasteiger partial charge is 0.464 e. The van der Waals surface area contributed by atoms with Crippen molar-refractivity contribution in [2.24, 2.45) is 0 Å². The van der Waals surface area contributed by atoms with E-state index in [1.807, 2.05) is 12.1 Å². The summed E-state index contributed by atoms with van der Waals surface area (Å²) >= 11 is 6.01. The third-order valence-electron chi connectivity index (χ3n) is 7.06. The van der Waals surface area contributed by atoms with E-state index in [2.05, 4.69) is 30.9 Å². The van der Waals surface area contributed by atoms with Gasteiger partial charge in [-0.2, -0.15) is 28.1 Å². The number of likely N-dealkylation sites (N-methyl/N-ethyl adjacent to an activating group) is 1. The second-order valence-electron chi connectivity index (χ2n) is 11.0. The molecule has 1 aromatic heterocycles. The molecule has 13 nitrogen and oxygen atoms in total. The quantitative estimate of drug-likeness (QED) is 0.153. The third kappa shape index (κ3) is 10.0. The van der Waals surface area contributed by atoms with Gasteiger partial charge in [0.15, 0.2) is 6.61 Å². The molecular weight excluding hydrogens is 659 g/mol. The minimum absolute atomic E-state index is 0.0242. The Morgan fingerprint density at radius 1 is 0.979 bits per heavy atom. The summed E-state index contributed by atoms with van der Waals surface area (Å²) in [5.74, 6) is -3.03. The van der Waals surface area contributed by atoms with Gasteiger partial charge in [0, 0.05) is 36.8 Å². The Balaban J connectivity index is 1.48. The molecule has 1 atom stereocenters. The maximum atomic E-state index is 13.0. The number of benzene rings is 2. The number of amides is 2. The van der Waals surface area contributed by atoms with E-state index < -0.39 is 53.9 Å². The minimum atomic E-state index is -4.63. The Kier molecular flexibility index (Phi) is 11.4. The zero-order valence-corrected chi connectivity index (χ0v) is 26.9. The molecule has 0 bridgehead atoms. The Labute approximate surface area is 278 Å². The monoisotopic (exact) mass is 691 g/mol. The van der Waals surface area contributed by atoms with Crippen molar-refractivity contribution in [1.29, 1.82) is 0 Å². The number of nitrogens with zero attached hydrogens (tertiary/aromatic N) is 4. The molecule has 256 valence electrons. The van der Waals surface area contributed by atoms with Gasteiger partial charge in [0.2, 0.25) is 17.7 Å². The molecule has 2 amide bonds. The van der Waals surface area contributed by atoms with Crippen LogP contribution in [-0.2, 0) is 24.7 Å². The van der Waals surface area contributed by atoms with Crippen molar-refractivity contribution in [3.8, 4) is 6.01 Å². The average Bonchev–Trinajstić information content (AvgIpc) is 3.81. The highest BCUT2D eigenvalue weighted by atomic mass is 35.5. The molecule has 1 fully saturated rings. The van der Waals surface area contributed by atoms with Gasteiger partial charge < -0.3 is 30.3 Å². The first-order valence-corrected chi connectivity index (χ1v) is 15.1. The van der Waals surface area contributed by atoms with E-state index in [1.165, 1.54) is 38.4 Å². The maximum Gasteiger partial charge on any atom is 0.422 e. The average molecular weight is 692 g/mol. The zero-order chi connectivity index (χ0) is 35.1. The van der Waals surface area contributed by atoms with E-state index in [1.54, 1.807) is 19.1 Å². The number of esters is 1. The van der Waals surface area contributed by atoms with Crippen LogP contribution in [0.1, 0.15) is 48.5 Å². The minimum Gasteiger partial charge on any atom is -0.464 e. The van der Waals surface area contributed by atoms with Gasteiger partial charge in [-0.05, 0) is 68.1 Å². The number of Topliss-reactive ketones (excluding diaryl/α,β-unsaturated/α-hetero) is 1. The van der Waals surface area contributed by atoms with Gasteiger partial charge in [0.05, 0.1) is 12.1 Å². The third-order valence-corrected chi connectivity index (χ3v) is 7.31. The molecule has 4 rings (SSSR count). The summed E-state index contributed by atoms with van der Waals surface area (Å²) < 4.78 is 48.5. The van der Waals surface area contributed by atoms with Crippen LogP contribution in [0.3, 0.4) is 0 Å². The van der Waals surface area contributed by atoms with Crippen LogP contribution in [-0.4, -0.2) is 82.9 Å². The molecule has 0 spiro atoms. The molecule has 3 N–H and O–H groups in total. The summed E-state index contributed by atoms with van der Waals surface area (Å²) in [6.07, 6.45) is -3.64. The predicted molar refractivity (Wildman–Crippen MR) is 168 cm³/mol. The number of carbonyl (C=O) groups is 4. The lowest BCUT2D eigenvalue weighted by Crippen LogP contribution is -2.42. The second kappa shape index (κ2) is 15.3. The number of nitrogens with one attached hydrogen (secondary N) is 3. The standard InChI is InChI=1S/C31H33ClF3N7O6/c1-4-47-26(46)22(13-14-23(43)25(45)42(2)3)37-24(44)18-5-11-21(12-6-18)36-27-38-28(40-29(39-27)48-17-31(33,34)35)41-30(15-16-30)19-7-9-20(32)10-8-19/h5-12,22H,4,13-17H2,1-3H3,(H,37,44)(H2,36,38,39,40,41)/t22-/m0/s1. The number of aromatic nitrogens is 3. The van der Waals surface area contributed by atoms with Crippen molar-refractivity contribution in [3.63, 3.8) is 0 Å². The highest BCUT2D eigenvalue weighted by molar-refractivity contribution is 6.35. The summed E-state index contributed by atoms with van der Waals surface area (Å²) in [5.41, 5.74) is 0.846. The molecule has 2 aromatic carbocycles. The number of ketones is 1. The molecule has 0 saturated heterocycles. The fourth-order valence-electron chi connectivity index (χ4n) is 4.47. The van der Waals surface area contributed by atoms with Crippen LogP contribution in [0.25, 0.3) is 0 Å². The van der Waals surface area contributed by atoms with Crippen molar-refractivity contribution >= 4 is 52.8 Å². The fourth-order valence-corrected chi connectivity index (χ4v) is 4.60. The van der Waals surface area contributed by atoms with Gasteiger partial charge >= 0.3 is 18.2 Å². The molecule has 0 unspecified atom stereocenters. The molecular formula is C31H33ClF3N7O6. The maximum absolute atomic E-state index is 13.0. The number of halogens is 4. The van der Waals surface area contributed by atoms with E-state index in [0.717, 1.165) is 10.5 Å². The van der Waals surface area contributed by atoms with Gasteiger partial charge in [0.25, 0.3) is 11.8 Å². The summed E-state index contributed by atoms with van der Waals surface area (Å²) in [6, 6.07) is 11.2. The number of rotatable bonds is 15. The van der Waals surface area contributed by atoms with Crippen LogP contribution in [0.15, 0.2) is 48.5 Å². The lowest BCUT2D eigenvalue weighted by molar-refractivity contribution is -0.154. The molecule has 1 heterocycles. The van der Waals surface area contributed by atoms with Crippen LogP contribution in [0, 0.1) is 0 Å². The number of anilines is 3. The Morgan fingerprint density at radius 2 is 1.62 bits per heavy atom. The number of carbonyl (C=O) groups excluding carboxylic acids is 4. The van der Waals surface area contributed by atoms with Crippen molar-refractivity contribution < 1.29 is 41.8 Å². The van der Waals surface area contributed by atoms with Gasteiger partial charge in [-0.1, -0.05) is 23.7 Å². The summed E-state index contributed by atoms with van der Waals surface area (Å²) in [7, 11) is 2.85. The van der Waals surface area contributed by atoms with Crippen LogP contribution < -0.4 is 20.7 Å². The van der Waals surface area contributed by atoms with Gasteiger partial charge in [-0.15, -0.1) is 0 Å². The van der Waals surface area contributed by atoms with Gasteiger partial charge in [-0.25, -0.2) is 4.79 Å². The summed E-state index contributed by atoms with van der Waals surface area (Å²) in [6.45, 7) is 0.00820. The molecule has 1 aliphatic rings. The van der Waals surface area contributed by atoms with Gasteiger partial charge in [-0.3, -0.25) is 14.4 Å². The van der Waals surface area contributed by atoms with Crippen molar-refractivity contribution in [3.05, 3.63) is 64.7 Å². The number of hydrogen-bond donors (Lipinski definition) is 3.